The number of hydrogen-bond donors (Lipinski definition) is 3. The van der Waals surface area contributed by atoms with Crippen LogP contribution in [0, 0.1) is 0 Å². The van der Waals surface area contributed by atoms with Gasteiger partial charge in [0.05, 0.1) is 19.0 Å². The molecule has 10 heteroatoms. The quantitative estimate of drug-likeness (QED) is 0.543. The van der Waals surface area contributed by atoms with Gasteiger partial charge in [-0.1, -0.05) is 6.07 Å². The monoisotopic (exact) mass is 466 g/mol. The van der Waals surface area contributed by atoms with Crippen molar-refractivity contribution in [1.29, 1.82) is 0 Å². The van der Waals surface area contributed by atoms with E-state index >= 15 is 0 Å². The zero-order chi connectivity index (χ0) is 23.5. The van der Waals surface area contributed by atoms with Crippen LogP contribution in [0.1, 0.15) is 42.1 Å². The second kappa shape index (κ2) is 9.74. The first-order valence-electron chi connectivity index (χ1n) is 11.9. The van der Waals surface area contributed by atoms with Crippen LogP contribution in [0.4, 0.5) is 16.4 Å². The average Bonchev–Trinajstić information content (AvgIpc) is 3.22. The van der Waals surface area contributed by atoms with E-state index in [0.717, 1.165) is 43.7 Å². The summed E-state index contributed by atoms with van der Waals surface area (Å²) in [5.74, 6) is 1.26. The Balaban J connectivity index is 1.22. The highest BCUT2D eigenvalue weighted by Crippen LogP contribution is 2.33. The number of urea groups is 1. The topological polar surface area (TPSA) is 120 Å². The second-order valence-electron chi connectivity index (χ2n) is 8.91. The van der Waals surface area contributed by atoms with Crippen LogP contribution >= 0.6 is 0 Å². The van der Waals surface area contributed by atoms with Crippen molar-refractivity contribution in [3.8, 4) is 5.75 Å². The molecule has 0 aromatic carbocycles. The van der Waals surface area contributed by atoms with Gasteiger partial charge < -0.3 is 30.3 Å². The summed E-state index contributed by atoms with van der Waals surface area (Å²) in [5, 5.41) is 16.0. The molecule has 0 spiro atoms. The predicted molar refractivity (Wildman–Crippen MR) is 126 cm³/mol. The molecule has 3 aliphatic rings. The minimum absolute atomic E-state index is 0.136. The molecule has 0 unspecified atom stereocenters. The number of ether oxygens (including phenoxy) is 1. The molecule has 180 valence electrons. The second-order valence-corrected chi connectivity index (χ2v) is 8.91. The normalized spacial score (nSPS) is 17.8. The number of aliphatic carboxylic acids is 1. The third kappa shape index (κ3) is 4.71. The number of carbonyl (C=O) groups excluding carboxylic acids is 1. The van der Waals surface area contributed by atoms with Crippen LogP contribution in [-0.2, 0) is 17.6 Å². The van der Waals surface area contributed by atoms with Crippen molar-refractivity contribution in [3.05, 3.63) is 41.2 Å². The van der Waals surface area contributed by atoms with Crippen molar-refractivity contribution in [2.24, 2.45) is 0 Å². The molecule has 2 amide bonds. The number of carboxylic acids is 1. The van der Waals surface area contributed by atoms with Crippen LogP contribution in [0.25, 0.3) is 0 Å². The molecule has 0 saturated carbocycles. The Morgan fingerprint density at radius 2 is 2.09 bits per heavy atom. The molecule has 0 bridgehead atoms. The van der Waals surface area contributed by atoms with Gasteiger partial charge in [0.1, 0.15) is 12.4 Å². The lowest BCUT2D eigenvalue weighted by Crippen LogP contribution is -2.36. The molecular formula is C24H30N6O4. The van der Waals surface area contributed by atoms with Crippen molar-refractivity contribution in [1.82, 2.24) is 19.8 Å². The first-order chi connectivity index (χ1) is 16.6. The molecule has 2 aromatic heterocycles. The number of hydrogen-bond acceptors (Lipinski definition) is 7. The third-order valence-corrected chi connectivity index (χ3v) is 6.59. The lowest BCUT2D eigenvalue weighted by atomic mass is 10.0. The van der Waals surface area contributed by atoms with Crippen LogP contribution in [0.3, 0.4) is 0 Å². The fourth-order valence-corrected chi connectivity index (χ4v) is 4.85. The van der Waals surface area contributed by atoms with Crippen molar-refractivity contribution >= 4 is 23.6 Å². The van der Waals surface area contributed by atoms with Gasteiger partial charge in [-0.15, -0.1) is 0 Å². The van der Waals surface area contributed by atoms with E-state index < -0.39 is 12.0 Å². The fourth-order valence-electron chi connectivity index (χ4n) is 4.85. The van der Waals surface area contributed by atoms with E-state index in [4.69, 9.17) is 9.72 Å². The molecule has 2 aromatic rings. The van der Waals surface area contributed by atoms with E-state index in [-0.39, 0.29) is 12.5 Å². The van der Waals surface area contributed by atoms with E-state index in [0.29, 0.717) is 49.9 Å². The summed E-state index contributed by atoms with van der Waals surface area (Å²) in [6.07, 6.45) is 5.24. The molecule has 10 nitrogen and oxygen atoms in total. The van der Waals surface area contributed by atoms with Gasteiger partial charge in [0, 0.05) is 38.1 Å². The predicted octanol–water partition coefficient (Wildman–Crippen LogP) is 2.53. The minimum atomic E-state index is -0.958. The third-order valence-electron chi connectivity index (χ3n) is 6.59. The zero-order valence-electron chi connectivity index (χ0n) is 19.1. The van der Waals surface area contributed by atoms with E-state index in [1.54, 1.807) is 22.1 Å². The Hall–Kier alpha value is -3.56. The SMILES string of the molecule is O=C(O)C[C@H](c1cnc2c(c1)OCCN2)N1CCN(CCCc2ccc3c(n2)NCCC3)C1=O. The fraction of sp³-hybridized carbons (Fsp3) is 0.500. The van der Waals surface area contributed by atoms with Crippen LogP contribution < -0.4 is 15.4 Å². The number of nitrogens with one attached hydrogen (secondary N) is 2. The molecule has 3 N–H and O–H groups in total. The Kier molecular flexibility index (Phi) is 6.37. The summed E-state index contributed by atoms with van der Waals surface area (Å²) >= 11 is 0. The van der Waals surface area contributed by atoms with Gasteiger partial charge >= 0.3 is 12.0 Å². The Morgan fingerprint density at radius 1 is 1.21 bits per heavy atom. The highest BCUT2D eigenvalue weighted by molar-refractivity contribution is 5.78. The molecule has 1 fully saturated rings. The molecule has 1 saturated heterocycles. The number of nitrogens with zero attached hydrogens (tertiary/aromatic N) is 4. The number of fused-ring (bicyclic) bond motifs is 2. The maximum absolute atomic E-state index is 13.2. The van der Waals surface area contributed by atoms with Gasteiger partial charge in [-0.2, -0.15) is 0 Å². The lowest BCUT2D eigenvalue weighted by molar-refractivity contribution is -0.138. The minimum Gasteiger partial charge on any atom is -0.488 e. The van der Waals surface area contributed by atoms with Crippen molar-refractivity contribution in [3.63, 3.8) is 0 Å². The van der Waals surface area contributed by atoms with E-state index in [1.165, 1.54) is 5.56 Å². The number of anilines is 2. The molecule has 34 heavy (non-hydrogen) atoms. The molecule has 1 atom stereocenters. The Labute approximate surface area is 198 Å². The Morgan fingerprint density at radius 3 is 2.97 bits per heavy atom. The number of aromatic nitrogens is 2. The first kappa shape index (κ1) is 22.2. The summed E-state index contributed by atoms with van der Waals surface area (Å²) in [7, 11) is 0. The van der Waals surface area contributed by atoms with Gasteiger partial charge in [-0.3, -0.25) is 4.79 Å². The standard InChI is InChI=1S/C24H30N6O4/c31-21(32)14-19(17-13-20-23(27-15-17)26-8-12-34-20)30-11-10-29(24(30)33)9-2-4-18-6-5-16-3-1-7-25-22(16)28-18/h5-6,13,15,19H,1-4,7-12,14H2,(H,25,28)(H,26,27)(H,31,32)/t19-/m1/s1. The van der Waals surface area contributed by atoms with E-state index in [2.05, 4.69) is 27.8 Å². The summed E-state index contributed by atoms with van der Waals surface area (Å²) in [4.78, 5) is 37.4. The van der Waals surface area contributed by atoms with Crippen molar-refractivity contribution < 1.29 is 19.4 Å². The first-order valence-corrected chi connectivity index (χ1v) is 11.9. The molecule has 0 aliphatic carbocycles. The number of aryl methyl sites for hydroxylation is 2. The molecular weight excluding hydrogens is 436 g/mol. The number of pyridine rings is 2. The molecule has 5 rings (SSSR count). The maximum atomic E-state index is 13.2. The highest BCUT2D eigenvalue weighted by atomic mass is 16.5. The number of carboxylic acid groups (broad SMARTS) is 1. The van der Waals surface area contributed by atoms with Crippen LogP contribution in [0.5, 0.6) is 5.75 Å². The van der Waals surface area contributed by atoms with Crippen molar-refractivity contribution in [2.75, 3.05) is 50.0 Å². The molecule has 5 heterocycles. The van der Waals surface area contributed by atoms with Gasteiger partial charge in [-0.05, 0) is 48.9 Å². The maximum Gasteiger partial charge on any atom is 0.320 e. The number of rotatable bonds is 8. The van der Waals surface area contributed by atoms with Crippen molar-refractivity contribution in [2.45, 2.75) is 38.1 Å². The Bertz CT molecular complexity index is 1080. The average molecular weight is 467 g/mol. The summed E-state index contributed by atoms with van der Waals surface area (Å²) in [5.41, 5.74) is 2.96. The summed E-state index contributed by atoms with van der Waals surface area (Å²) < 4.78 is 5.66. The van der Waals surface area contributed by atoms with E-state index in [1.807, 2.05) is 0 Å². The van der Waals surface area contributed by atoms with Crippen LogP contribution in [-0.4, -0.2) is 76.2 Å². The smallest absolute Gasteiger partial charge is 0.320 e. The largest absolute Gasteiger partial charge is 0.488 e. The highest BCUT2D eigenvalue weighted by Gasteiger charge is 2.36. The van der Waals surface area contributed by atoms with Crippen LogP contribution in [0.2, 0.25) is 0 Å². The van der Waals surface area contributed by atoms with Gasteiger partial charge in [0.25, 0.3) is 0 Å². The van der Waals surface area contributed by atoms with Gasteiger partial charge in [0.15, 0.2) is 11.6 Å². The zero-order valence-corrected chi connectivity index (χ0v) is 19.1. The number of amides is 2. The summed E-state index contributed by atoms with van der Waals surface area (Å²) in [6, 6.07) is 5.30. The van der Waals surface area contributed by atoms with Gasteiger partial charge in [0.2, 0.25) is 0 Å². The van der Waals surface area contributed by atoms with Gasteiger partial charge in [-0.25, -0.2) is 14.8 Å². The lowest BCUT2D eigenvalue weighted by Gasteiger charge is -2.28. The molecule has 0 radical (unpaired) electrons. The number of carbonyl (C=O) groups is 2. The summed E-state index contributed by atoms with van der Waals surface area (Å²) in [6.45, 7) is 3.82. The molecule has 3 aliphatic heterocycles. The van der Waals surface area contributed by atoms with E-state index in [9.17, 15) is 14.7 Å². The van der Waals surface area contributed by atoms with Crippen LogP contribution in [0.15, 0.2) is 24.4 Å².